The van der Waals surface area contributed by atoms with Crippen LogP contribution in [0.15, 0.2) is 18.2 Å². The van der Waals surface area contributed by atoms with Crippen LogP contribution in [0.1, 0.15) is 38.8 Å². The van der Waals surface area contributed by atoms with Crippen LogP contribution in [0.25, 0.3) is 0 Å². The first kappa shape index (κ1) is 13.0. The van der Waals surface area contributed by atoms with Crippen molar-refractivity contribution < 1.29 is 4.39 Å². The molecular formula is C13H21FN2. The maximum atomic E-state index is 13.9. The molecule has 0 aromatic heterocycles. The standard InChI is InChI=1S/C13H21FN2/c1-5-9(2)16(4)13-11(10(3)15)7-6-8-12(13)14/h6-10H,5,15H2,1-4H3/t9?,10-/m0/s1. The summed E-state index contributed by atoms with van der Waals surface area (Å²) < 4.78 is 13.9. The first-order valence-corrected chi connectivity index (χ1v) is 5.75. The maximum Gasteiger partial charge on any atom is 0.146 e. The smallest absolute Gasteiger partial charge is 0.146 e. The van der Waals surface area contributed by atoms with Gasteiger partial charge in [-0.15, -0.1) is 0 Å². The summed E-state index contributed by atoms with van der Waals surface area (Å²) in [5.74, 6) is -0.197. The third kappa shape index (κ3) is 2.53. The van der Waals surface area contributed by atoms with E-state index in [4.69, 9.17) is 5.73 Å². The molecule has 16 heavy (non-hydrogen) atoms. The van der Waals surface area contributed by atoms with Crippen LogP contribution in [0.4, 0.5) is 10.1 Å². The van der Waals surface area contributed by atoms with Gasteiger partial charge in [0.1, 0.15) is 5.82 Å². The van der Waals surface area contributed by atoms with Gasteiger partial charge in [0, 0.05) is 19.1 Å². The molecule has 1 aromatic rings. The fourth-order valence-corrected chi connectivity index (χ4v) is 1.77. The molecule has 0 aliphatic rings. The highest BCUT2D eigenvalue weighted by molar-refractivity contribution is 5.56. The van der Waals surface area contributed by atoms with Crippen molar-refractivity contribution in [3.8, 4) is 0 Å². The quantitative estimate of drug-likeness (QED) is 0.851. The lowest BCUT2D eigenvalue weighted by atomic mass is 10.0. The van der Waals surface area contributed by atoms with Gasteiger partial charge in [-0.05, 0) is 31.9 Å². The van der Waals surface area contributed by atoms with Gasteiger partial charge in [-0.25, -0.2) is 4.39 Å². The second-order valence-corrected chi connectivity index (χ2v) is 4.33. The minimum absolute atomic E-state index is 0.155. The van der Waals surface area contributed by atoms with Crippen molar-refractivity contribution >= 4 is 5.69 Å². The van der Waals surface area contributed by atoms with Gasteiger partial charge < -0.3 is 10.6 Å². The molecule has 0 saturated heterocycles. The zero-order valence-corrected chi connectivity index (χ0v) is 10.5. The van der Waals surface area contributed by atoms with Gasteiger partial charge in [0.15, 0.2) is 0 Å². The Balaban J connectivity index is 3.19. The van der Waals surface area contributed by atoms with Crippen LogP contribution >= 0.6 is 0 Å². The Morgan fingerprint density at radius 1 is 1.38 bits per heavy atom. The first-order chi connectivity index (χ1) is 7.49. The van der Waals surface area contributed by atoms with Crippen molar-refractivity contribution in [3.05, 3.63) is 29.6 Å². The average molecular weight is 224 g/mol. The van der Waals surface area contributed by atoms with E-state index in [1.807, 2.05) is 24.9 Å². The Kier molecular flexibility index (Phi) is 4.30. The van der Waals surface area contributed by atoms with E-state index >= 15 is 0 Å². The molecule has 2 N–H and O–H groups in total. The van der Waals surface area contributed by atoms with E-state index in [-0.39, 0.29) is 11.9 Å². The Labute approximate surface area is 97.3 Å². The molecule has 3 heteroatoms. The summed E-state index contributed by atoms with van der Waals surface area (Å²) in [6.45, 7) is 6.05. The van der Waals surface area contributed by atoms with Gasteiger partial charge >= 0.3 is 0 Å². The van der Waals surface area contributed by atoms with E-state index in [1.54, 1.807) is 6.07 Å². The number of hydrogen-bond donors (Lipinski definition) is 1. The number of nitrogens with two attached hydrogens (primary N) is 1. The van der Waals surface area contributed by atoms with Gasteiger partial charge in [0.05, 0.1) is 5.69 Å². The van der Waals surface area contributed by atoms with Crippen LogP contribution in [0.2, 0.25) is 0 Å². The van der Waals surface area contributed by atoms with Crippen LogP contribution in [-0.2, 0) is 0 Å². The molecule has 1 rings (SSSR count). The summed E-state index contributed by atoms with van der Waals surface area (Å²) in [5, 5.41) is 0. The zero-order valence-electron chi connectivity index (χ0n) is 10.5. The van der Waals surface area contributed by atoms with Crippen molar-refractivity contribution in [3.63, 3.8) is 0 Å². The molecule has 1 unspecified atom stereocenters. The molecule has 0 heterocycles. The molecule has 0 bridgehead atoms. The average Bonchev–Trinajstić information content (AvgIpc) is 2.26. The summed E-state index contributed by atoms with van der Waals surface area (Å²) in [6, 6.07) is 5.23. The van der Waals surface area contributed by atoms with E-state index in [0.717, 1.165) is 12.0 Å². The molecule has 90 valence electrons. The fraction of sp³-hybridized carbons (Fsp3) is 0.538. The van der Waals surface area contributed by atoms with Crippen LogP contribution in [0, 0.1) is 5.82 Å². The van der Waals surface area contributed by atoms with Crippen molar-refractivity contribution in [1.82, 2.24) is 0 Å². The highest BCUT2D eigenvalue weighted by Crippen LogP contribution is 2.29. The highest BCUT2D eigenvalue weighted by Gasteiger charge is 2.18. The predicted octanol–water partition coefficient (Wildman–Crippen LogP) is 3.08. The van der Waals surface area contributed by atoms with Crippen LogP contribution in [-0.4, -0.2) is 13.1 Å². The summed E-state index contributed by atoms with van der Waals surface area (Å²) in [4.78, 5) is 1.97. The van der Waals surface area contributed by atoms with Crippen LogP contribution in [0.5, 0.6) is 0 Å². The highest BCUT2D eigenvalue weighted by atomic mass is 19.1. The van der Waals surface area contributed by atoms with Gasteiger partial charge in [0.25, 0.3) is 0 Å². The molecule has 2 atom stereocenters. The van der Waals surface area contributed by atoms with Crippen molar-refractivity contribution in [2.75, 3.05) is 11.9 Å². The van der Waals surface area contributed by atoms with E-state index in [0.29, 0.717) is 11.7 Å². The van der Waals surface area contributed by atoms with E-state index < -0.39 is 0 Å². The molecule has 0 radical (unpaired) electrons. The molecule has 0 amide bonds. The molecule has 0 aliphatic heterocycles. The predicted molar refractivity (Wildman–Crippen MR) is 67.2 cm³/mol. The number of para-hydroxylation sites is 1. The SMILES string of the molecule is CCC(C)N(C)c1c(F)cccc1[C@H](C)N. The normalized spacial score (nSPS) is 14.6. The molecule has 2 nitrogen and oxygen atoms in total. The summed E-state index contributed by atoms with van der Waals surface area (Å²) in [7, 11) is 1.92. The number of anilines is 1. The lowest BCUT2D eigenvalue weighted by molar-refractivity contribution is 0.592. The van der Waals surface area contributed by atoms with Gasteiger partial charge in [0.2, 0.25) is 0 Å². The Morgan fingerprint density at radius 2 is 2.00 bits per heavy atom. The van der Waals surface area contributed by atoms with E-state index in [9.17, 15) is 4.39 Å². The van der Waals surface area contributed by atoms with Crippen LogP contribution in [0.3, 0.4) is 0 Å². The molecule has 0 spiro atoms. The minimum atomic E-state index is -0.197. The van der Waals surface area contributed by atoms with Gasteiger partial charge in [-0.1, -0.05) is 19.1 Å². The number of halogens is 1. The molecule has 0 aliphatic carbocycles. The second-order valence-electron chi connectivity index (χ2n) is 4.33. The minimum Gasteiger partial charge on any atom is -0.369 e. The Bertz CT molecular complexity index is 350. The Morgan fingerprint density at radius 3 is 2.50 bits per heavy atom. The third-order valence-corrected chi connectivity index (χ3v) is 3.11. The van der Waals surface area contributed by atoms with E-state index in [2.05, 4.69) is 13.8 Å². The Hall–Kier alpha value is -1.09. The summed E-state index contributed by atoms with van der Waals surface area (Å²) in [5.41, 5.74) is 7.36. The van der Waals surface area contributed by atoms with Crippen molar-refractivity contribution in [2.45, 2.75) is 39.3 Å². The fourth-order valence-electron chi connectivity index (χ4n) is 1.77. The maximum absolute atomic E-state index is 13.9. The zero-order chi connectivity index (χ0) is 12.3. The second kappa shape index (κ2) is 5.30. The van der Waals surface area contributed by atoms with E-state index in [1.165, 1.54) is 6.07 Å². The summed E-state index contributed by atoms with van der Waals surface area (Å²) >= 11 is 0. The number of rotatable bonds is 4. The lowest BCUT2D eigenvalue weighted by Crippen LogP contribution is -2.30. The topological polar surface area (TPSA) is 29.3 Å². The monoisotopic (exact) mass is 224 g/mol. The largest absolute Gasteiger partial charge is 0.369 e. The number of benzene rings is 1. The first-order valence-electron chi connectivity index (χ1n) is 5.75. The lowest BCUT2D eigenvalue weighted by Gasteiger charge is -2.29. The number of hydrogen-bond acceptors (Lipinski definition) is 2. The van der Waals surface area contributed by atoms with Crippen molar-refractivity contribution in [2.24, 2.45) is 5.73 Å². The molecule has 0 fully saturated rings. The van der Waals surface area contributed by atoms with Gasteiger partial charge in [-0.2, -0.15) is 0 Å². The third-order valence-electron chi connectivity index (χ3n) is 3.11. The molecule has 0 saturated carbocycles. The number of nitrogens with zero attached hydrogens (tertiary/aromatic N) is 1. The molecule has 1 aromatic carbocycles. The van der Waals surface area contributed by atoms with Crippen molar-refractivity contribution in [1.29, 1.82) is 0 Å². The molecular weight excluding hydrogens is 203 g/mol. The van der Waals surface area contributed by atoms with Crippen LogP contribution < -0.4 is 10.6 Å². The van der Waals surface area contributed by atoms with Gasteiger partial charge in [-0.3, -0.25) is 0 Å². The summed E-state index contributed by atoms with van der Waals surface area (Å²) in [6.07, 6.45) is 0.975.